The van der Waals surface area contributed by atoms with Crippen LogP contribution in [0.15, 0.2) is 48.5 Å². The van der Waals surface area contributed by atoms with E-state index in [2.05, 4.69) is 6.07 Å². The third kappa shape index (κ3) is 5.53. The zero-order chi connectivity index (χ0) is 19.8. The minimum absolute atomic E-state index is 0.108. The van der Waals surface area contributed by atoms with Crippen LogP contribution in [0.1, 0.15) is 41.3 Å². The second-order valence-corrected chi connectivity index (χ2v) is 6.60. The van der Waals surface area contributed by atoms with Gasteiger partial charge in [-0.2, -0.15) is 5.26 Å². The number of ketones is 1. The summed E-state index contributed by atoms with van der Waals surface area (Å²) in [5.74, 6) is 0.886. The van der Waals surface area contributed by atoms with Crippen LogP contribution in [0.25, 0.3) is 6.08 Å². The molecule has 5 nitrogen and oxygen atoms in total. The van der Waals surface area contributed by atoms with E-state index in [0.717, 1.165) is 31.6 Å². The smallest absolute Gasteiger partial charge is 0.163 e. The number of rotatable bonds is 7. The molecule has 1 aliphatic heterocycles. The molecule has 0 atom stereocenters. The Morgan fingerprint density at radius 1 is 1.21 bits per heavy atom. The van der Waals surface area contributed by atoms with Crippen LogP contribution in [0.3, 0.4) is 0 Å². The Labute approximate surface area is 165 Å². The van der Waals surface area contributed by atoms with Gasteiger partial charge in [0.15, 0.2) is 5.78 Å². The molecule has 0 bridgehead atoms. The summed E-state index contributed by atoms with van der Waals surface area (Å²) >= 11 is 0. The Morgan fingerprint density at radius 2 is 1.96 bits per heavy atom. The molecular weight excluding hydrogens is 354 g/mol. The van der Waals surface area contributed by atoms with Gasteiger partial charge in [-0.3, -0.25) is 4.79 Å². The van der Waals surface area contributed by atoms with Gasteiger partial charge in [0.05, 0.1) is 29.9 Å². The zero-order valence-corrected chi connectivity index (χ0v) is 15.9. The summed E-state index contributed by atoms with van der Waals surface area (Å²) in [6.45, 7) is 3.60. The summed E-state index contributed by atoms with van der Waals surface area (Å²) < 4.78 is 17.0. The third-order valence-corrected chi connectivity index (χ3v) is 4.50. The summed E-state index contributed by atoms with van der Waals surface area (Å²) in [4.78, 5) is 11.8. The number of nitriles is 1. The van der Waals surface area contributed by atoms with Crippen LogP contribution in [0.2, 0.25) is 0 Å². The number of hydrogen-bond acceptors (Lipinski definition) is 5. The molecule has 0 amide bonds. The Balaban J connectivity index is 1.59. The highest BCUT2D eigenvalue weighted by molar-refractivity contribution is 5.97. The molecule has 2 aromatic carbocycles. The van der Waals surface area contributed by atoms with Crippen molar-refractivity contribution in [3.63, 3.8) is 0 Å². The maximum absolute atomic E-state index is 11.8. The SMILES string of the molecule is CC(=O)c1ccc(C#N)cc1Oc1ccc(/C=C/COC2CCOCC2)cc1. The molecule has 0 unspecified atom stereocenters. The number of carbonyl (C=O) groups is 1. The number of nitrogens with zero attached hydrogens (tertiary/aromatic N) is 1. The Morgan fingerprint density at radius 3 is 2.64 bits per heavy atom. The van der Waals surface area contributed by atoms with Gasteiger partial charge < -0.3 is 14.2 Å². The lowest BCUT2D eigenvalue weighted by molar-refractivity contribution is -0.0220. The predicted molar refractivity (Wildman–Crippen MR) is 107 cm³/mol. The second kappa shape index (κ2) is 9.84. The lowest BCUT2D eigenvalue weighted by Gasteiger charge is -2.21. The molecular formula is C23H23NO4. The topological polar surface area (TPSA) is 68.6 Å². The van der Waals surface area contributed by atoms with E-state index in [1.165, 1.54) is 6.92 Å². The van der Waals surface area contributed by atoms with Crippen molar-refractivity contribution in [2.75, 3.05) is 19.8 Å². The molecule has 0 spiro atoms. The van der Waals surface area contributed by atoms with Crippen molar-refractivity contribution in [2.24, 2.45) is 0 Å². The number of hydrogen-bond donors (Lipinski definition) is 0. The molecule has 5 heteroatoms. The average molecular weight is 377 g/mol. The summed E-state index contributed by atoms with van der Waals surface area (Å²) in [6.07, 6.45) is 6.19. The van der Waals surface area contributed by atoms with E-state index in [1.54, 1.807) is 18.2 Å². The van der Waals surface area contributed by atoms with E-state index in [0.29, 0.717) is 29.2 Å². The molecule has 28 heavy (non-hydrogen) atoms. The Kier molecular flexibility index (Phi) is 6.96. The molecule has 0 aliphatic carbocycles. The minimum Gasteiger partial charge on any atom is -0.457 e. The van der Waals surface area contributed by atoms with Crippen LogP contribution < -0.4 is 4.74 Å². The number of benzene rings is 2. The summed E-state index contributed by atoms with van der Waals surface area (Å²) in [5, 5.41) is 9.07. The van der Waals surface area contributed by atoms with E-state index in [9.17, 15) is 4.79 Å². The van der Waals surface area contributed by atoms with E-state index in [1.807, 2.05) is 36.4 Å². The molecule has 0 radical (unpaired) electrons. The van der Waals surface area contributed by atoms with Gasteiger partial charge in [-0.25, -0.2) is 0 Å². The van der Waals surface area contributed by atoms with Crippen LogP contribution in [0, 0.1) is 11.3 Å². The normalized spacial score (nSPS) is 14.7. The van der Waals surface area contributed by atoms with E-state index < -0.39 is 0 Å². The highest BCUT2D eigenvalue weighted by Gasteiger charge is 2.13. The Hall–Kier alpha value is -2.94. The van der Waals surface area contributed by atoms with Gasteiger partial charge in [-0.05, 0) is 55.7 Å². The monoisotopic (exact) mass is 377 g/mol. The zero-order valence-electron chi connectivity index (χ0n) is 15.9. The number of ether oxygens (including phenoxy) is 3. The number of Topliss-reactive ketones (excluding diaryl/α,β-unsaturated/α-hetero) is 1. The van der Waals surface area contributed by atoms with Crippen LogP contribution >= 0.6 is 0 Å². The fourth-order valence-electron chi connectivity index (χ4n) is 2.96. The molecule has 0 saturated carbocycles. The van der Waals surface area contributed by atoms with Crippen LogP contribution in [-0.2, 0) is 9.47 Å². The number of carbonyl (C=O) groups excluding carboxylic acids is 1. The first-order valence-electron chi connectivity index (χ1n) is 9.34. The van der Waals surface area contributed by atoms with Gasteiger partial charge in [0, 0.05) is 13.2 Å². The van der Waals surface area contributed by atoms with E-state index >= 15 is 0 Å². The van der Waals surface area contributed by atoms with E-state index in [-0.39, 0.29) is 11.9 Å². The molecule has 1 aliphatic rings. The van der Waals surface area contributed by atoms with Crippen LogP contribution in [0.5, 0.6) is 11.5 Å². The van der Waals surface area contributed by atoms with Crippen molar-refractivity contribution < 1.29 is 19.0 Å². The van der Waals surface area contributed by atoms with E-state index in [4.69, 9.17) is 19.5 Å². The predicted octanol–water partition coefficient (Wildman–Crippen LogP) is 4.76. The summed E-state index contributed by atoms with van der Waals surface area (Å²) in [6, 6.07) is 14.4. The van der Waals surface area contributed by atoms with Gasteiger partial charge >= 0.3 is 0 Å². The van der Waals surface area contributed by atoms with Crippen LogP contribution in [-0.4, -0.2) is 31.7 Å². The van der Waals surface area contributed by atoms with Gasteiger partial charge in [0.25, 0.3) is 0 Å². The highest BCUT2D eigenvalue weighted by atomic mass is 16.5. The maximum Gasteiger partial charge on any atom is 0.163 e. The molecule has 144 valence electrons. The fraction of sp³-hybridized carbons (Fsp3) is 0.304. The third-order valence-electron chi connectivity index (χ3n) is 4.50. The van der Waals surface area contributed by atoms with Crippen molar-refractivity contribution in [1.82, 2.24) is 0 Å². The van der Waals surface area contributed by atoms with Crippen molar-refractivity contribution in [2.45, 2.75) is 25.9 Å². The molecule has 1 saturated heterocycles. The standard InChI is InChI=1S/C23H23NO4/c1-17(25)22-9-6-19(16-24)15-23(22)28-21-7-4-18(5-8-21)3-2-12-27-20-10-13-26-14-11-20/h2-9,15,20H,10-14H2,1H3/b3-2+. The van der Waals surface area contributed by atoms with Gasteiger partial charge in [-0.15, -0.1) is 0 Å². The largest absolute Gasteiger partial charge is 0.457 e. The quantitative estimate of drug-likeness (QED) is 0.651. The van der Waals surface area contributed by atoms with Gasteiger partial charge in [0.1, 0.15) is 11.5 Å². The minimum atomic E-state index is -0.108. The molecule has 3 rings (SSSR count). The summed E-state index contributed by atoms with van der Waals surface area (Å²) in [7, 11) is 0. The first-order chi connectivity index (χ1) is 13.7. The van der Waals surface area contributed by atoms with Crippen molar-refractivity contribution in [3.8, 4) is 17.6 Å². The molecule has 0 N–H and O–H groups in total. The van der Waals surface area contributed by atoms with Gasteiger partial charge in [-0.1, -0.05) is 24.3 Å². The molecule has 2 aromatic rings. The average Bonchev–Trinajstić information content (AvgIpc) is 2.73. The lowest BCUT2D eigenvalue weighted by Crippen LogP contribution is -2.23. The molecule has 0 aromatic heterocycles. The maximum atomic E-state index is 11.8. The van der Waals surface area contributed by atoms with Crippen molar-refractivity contribution >= 4 is 11.9 Å². The summed E-state index contributed by atoms with van der Waals surface area (Å²) in [5.41, 5.74) is 1.93. The van der Waals surface area contributed by atoms with Gasteiger partial charge in [0.2, 0.25) is 0 Å². The Bertz CT molecular complexity index is 874. The first-order valence-corrected chi connectivity index (χ1v) is 9.34. The van der Waals surface area contributed by atoms with Crippen LogP contribution in [0.4, 0.5) is 0 Å². The van der Waals surface area contributed by atoms with Crippen molar-refractivity contribution in [1.29, 1.82) is 5.26 Å². The molecule has 1 heterocycles. The fourth-order valence-corrected chi connectivity index (χ4v) is 2.96. The molecule has 1 fully saturated rings. The second-order valence-electron chi connectivity index (χ2n) is 6.60. The first kappa shape index (κ1) is 19.8. The lowest BCUT2D eigenvalue weighted by atomic mass is 10.1. The van der Waals surface area contributed by atoms with Crippen molar-refractivity contribution in [3.05, 3.63) is 65.2 Å². The highest BCUT2D eigenvalue weighted by Crippen LogP contribution is 2.27.